The number of methoxy groups -OCH3 is 1. The first-order chi connectivity index (χ1) is 12.2. The monoisotopic (exact) mass is 407 g/mol. The minimum atomic E-state index is -2.86. The van der Waals surface area contributed by atoms with E-state index in [2.05, 4.69) is 10.4 Å². The number of ether oxygens (including phenoxy) is 2. The fourth-order valence-electron chi connectivity index (χ4n) is 2.44. The van der Waals surface area contributed by atoms with Crippen LogP contribution in [0.5, 0.6) is 5.75 Å². The Kier molecular flexibility index (Phi) is 6.80. The Hall–Kier alpha value is -1.90. The molecule has 1 amide bonds. The predicted octanol–water partition coefficient (Wildman–Crippen LogP) is 4.53. The third kappa shape index (κ3) is 4.84. The lowest BCUT2D eigenvalue weighted by atomic mass is 10.0. The van der Waals surface area contributed by atoms with Gasteiger partial charge in [0.15, 0.2) is 11.4 Å². The van der Waals surface area contributed by atoms with E-state index in [4.69, 9.17) is 32.7 Å². The van der Waals surface area contributed by atoms with Gasteiger partial charge < -0.3 is 14.8 Å². The molecule has 142 valence electrons. The molecule has 0 bridgehead atoms. The van der Waals surface area contributed by atoms with Crippen LogP contribution in [0.4, 0.5) is 13.6 Å². The van der Waals surface area contributed by atoms with E-state index in [0.29, 0.717) is 15.6 Å². The van der Waals surface area contributed by atoms with Crippen molar-refractivity contribution in [2.45, 2.75) is 25.5 Å². The summed E-state index contributed by atoms with van der Waals surface area (Å²) in [6.45, 7) is 1.66. The average molecular weight is 408 g/mol. The Labute approximate surface area is 159 Å². The smallest absolute Gasteiger partial charge is 0.406 e. The summed E-state index contributed by atoms with van der Waals surface area (Å²) in [5.41, 5.74) is 0.000328. The molecule has 0 saturated carbocycles. The largest absolute Gasteiger partial charge is 0.413 e. The molecule has 0 fully saturated rings. The van der Waals surface area contributed by atoms with Crippen molar-refractivity contribution in [2.24, 2.45) is 7.05 Å². The van der Waals surface area contributed by atoms with E-state index in [9.17, 15) is 13.6 Å². The molecule has 0 aliphatic rings. The molecule has 0 saturated heterocycles. The SMILES string of the molecule is CO[C@H](c1ccc(Cl)cc1Cl)[C@H](C)NC(=O)Oc1cn(C)nc1C(F)F. The van der Waals surface area contributed by atoms with Crippen LogP contribution >= 0.6 is 23.2 Å². The van der Waals surface area contributed by atoms with Crippen molar-refractivity contribution in [3.63, 3.8) is 0 Å². The zero-order chi connectivity index (χ0) is 19.4. The highest BCUT2D eigenvalue weighted by Gasteiger charge is 2.26. The molecule has 0 aliphatic carbocycles. The number of hydrogen-bond donors (Lipinski definition) is 1. The molecule has 1 aromatic carbocycles. The molecule has 0 aliphatic heterocycles. The minimum Gasteiger partial charge on any atom is -0.406 e. The van der Waals surface area contributed by atoms with Crippen molar-refractivity contribution in [3.05, 3.63) is 45.7 Å². The summed E-state index contributed by atoms with van der Waals surface area (Å²) in [4.78, 5) is 12.1. The molecular weight excluding hydrogens is 391 g/mol. The molecule has 6 nitrogen and oxygen atoms in total. The molecule has 1 N–H and O–H groups in total. The highest BCUT2D eigenvalue weighted by Crippen LogP contribution is 2.31. The number of nitrogens with zero attached hydrogens (tertiary/aromatic N) is 2. The van der Waals surface area contributed by atoms with Crippen LogP contribution in [0.25, 0.3) is 0 Å². The van der Waals surface area contributed by atoms with Crippen molar-refractivity contribution in [3.8, 4) is 5.75 Å². The van der Waals surface area contributed by atoms with Gasteiger partial charge in [-0.2, -0.15) is 5.10 Å². The third-order valence-corrected chi connectivity index (χ3v) is 4.12. The molecule has 1 heterocycles. The van der Waals surface area contributed by atoms with Gasteiger partial charge in [-0.3, -0.25) is 4.68 Å². The number of carbonyl (C=O) groups excluding carboxylic acids is 1. The lowest BCUT2D eigenvalue weighted by Crippen LogP contribution is -2.39. The number of aryl methyl sites for hydroxylation is 1. The first-order valence-corrected chi connectivity index (χ1v) is 8.26. The number of rotatable bonds is 6. The quantitative estimate of drug-likeness (QED) is 0.763. The summed E-state index contributed by atoms with van der Waals surface area (Å²) in [5, 5.41) is 6.94. The average Bonchev–Trinajstić information content (AvgIpc) is 2.90. The highest BCUT2D eigenvalue weighted by molar-refractivity contribution is 6.35. The van der Waals surface area contributed by atoms with Gasteiger partial charge in [0.1, 0.15) is 6.10 Å². The number of alkyl halides is 2. The van der Waals surface area contributed by atoms with Crippen LogP contribution in [0, 0.1) is 0 Å². The third-order valence-electron chi connectivity index (χ3n) is 3.55. The number of nitrogens with one attached hydrogen (secondary N) is 1. The number of halogens is 4. The molecular formula is C16H17Cl2F2N3O3. The zero-order valence-corrected chi connectivity index (χ0v) is 15.7. The van der Waals surface area contributed by atoms with E-state index in [1.54, 1.807) is 25.1 Å². The summed E-state index contributed by atoms with van der Waals surface area (Å²) in [6, 6.07) is 4.31. The molecule has 2 atom stereocenters. The van der Waals surface area contributed by atoms with Crippen molar-refractivity contribution in [2.75, 3.05) is 7.11 Å². The summed E-state index contributed by atoms with van der Waals surface area (Å²) in [6.07, 6.45) is -3.19. The standard InChI is InChI=1S/C16H17Cl2F2N3O3/c1-8(14(25-3)10-5-4-9(17)6-11(10)18)21-16(24)26-12-7-23(2)22-13(12)15(19)20/h4-8,14-15H,1-3H3,(H,21,24)/t8-,14-/m0/s1. The van der Waals surface area contributed by atoms with E-state index in [1.807, 2.05) is 0 Å². The Balaban J connectivity index is 2.10. The van der Waals surface area contributed by atoms with Crippen LogP contribution in [-0.4, -0.2) is 29.0 Å². The van der Waals surface area contributed by atoms with Crippen molar-refractivity contribution in [1.29, 1.82) is 0 Å². The van der Waals surface area contributed by atoms with E-state index >= 15 is 0 Å². The topological polar surface area (TPSA) is 65.4 Å². The summed E-state index contributed by atoms with van der Waals surface area (Å²) < 4.78 is 37.3. The van der Waals surface area contributed by atoms with Gasteiger partial charge in [-0.05, 0) is 19.1 Å². The first kappa shape index (κ1) is 20.4. The normalized spacial score (nSPS) is 13.5. The highest BCUT2D eigenvalue weighted by atomic mass is 35.5. The molecule has 0 spiro atoms. The minimum absolute atomic E-state index is 0.314. The van der Waals surface area contributed by atoms with E-state index in [0.717, 1.165) is 4.68 Å². The van der Waals surface area contributed by atoms with Gasteiger partial charge in [0, 0.05) is 29.8 Å². The number of carbonyl (C=O) groups is 1. The Morgan fingerprint density at radius 3 is 2.62 bits per heavy atom. The van der Waals surface area contributed by atoms with E-state index in [1.165, 1.54) is 20.4 Å². The van der Waals surface area contributed by atoms with Gasteiger partial charge in [-0.15, -0.1) is 0 Å². The Morgan fingerprint density at radius 2 is 2.04 bits per heavy atom. The van der Waals surface area contributed by atoms with Crippen LogP contribution in [0.15, 0.2) is 24.4 Å². The number of amides is 1. The second-order valence-electron chi connectivity index (χ2n) is 5.50. The number of aromatic nitrogens is 2. The maximum Gasteiger partial charge on any atom is 0.413 e. The zero-order valence-electron chi connectivity index (χ0n) is 14.2. The summed E-state index contributed by atoms with van der Waals surface area (Å²) in [7, 11) is 2.90. The second-order valence-corrected chi connectivity index (χ2v) is 6.34. The molecule has 0 radical (unpaired) electrons. The van der Waals surface area contributed by atoms with Gasteiger partial charge in [0.25, 0.3) is 6.43 Å². The van der Waals surface area contributed by atoms with Gasteiger partial charge in [-0.1, -0.05) is 29.3 Å². The number of hydrogen-bond acceptors (Lipinski definition) is 4. The van der Waals surface area contributed by atoms with E-state index in [-0.39, 0.29) is 5.75 Å². The molecule has 10 heteroatoms. The van der Waals surface area contributed by atoms with Crippen LogP contribution in [0.3, 0.4) is 0 Å². The van der Waals surface area contributed by atoms with Crippen LogP contribution in [0.2, 0.25) is 10.0 Å². The lowest BCUT2D eigenvalue weighted by molar-refractivity contribution is 0.0730. The van der Waals surface area contributed by atoms with Crippen LogP contribution in [0.1, 0.15) is 30.7 Å². The van der Waals surface area contributed by atoms with Crippen molar-refractivity contribution >= 4 is 29.3 Å². The maximum absolute atomic E-state index is 12.9. The van der Waals surface area contributed by atoms with E-state index < -0.39 is 30.4 Å². The first-order valence-electron chi connectivity index (χ1n) is 7.50. The van der Waals surface area contributed by atoms with Crippen molar-refractivity contribution < 1.29 is 23.0 Å². The molecule has 1 aromatic heterocycles. The fraction of sp³-hybridized carbons (Fsp3) is 0.375. The van der Waals surface area contributed by atoms with Crippen LogP contribution in [-0.2, 0) is 11.8 Å². The maximum atomic E-state index is 12.9. The summed E-state index contributed by atoms with van der Waals surface area (Å²) >= 11 is 12.0. The number of benzene rings is 1. The second kappa shape index (κ2) is 8.66. The Bertz CT molecular complexity index is 786. The molecule has 0 unspecified atom stereocenters. The lowest BCUT2D eigenvalue weighted by Gasteiger charge is -2.24. The van der Waals surface area contributed by atoms with Gasteiger partial charge >= 0.3 is 6.09 Å². The van der Waals surface area contributed by atoms with Gasteiger partial charge in [-0.25, -0.2) is 13.6 Å². The van der Waals surface area contributed by atoms with Gasteiger partial charge in [0.05, 0.1) is 12.2 Å². The summed E-state index contributed by atoms with van der Waals surface area (Å²) in [5.74, 6) is -0.314. The molecule has 26 heavy (non-hydrogen) atoms. The Morgan fingerprint density at radius 1 is 1.35 bits per heavy atom. The van der Waals surface area contributed by atoms with Crippen molar-refractivity contribution in [1.82, 2.24) is 15.1 Å². The van der Waals surface area contributed by atoms with Gasteiger partial charge in [0.2, 0.25) is 0 Å². The molecule has 2 aromatic rings. The van der Waals surface area contributed by atoms with Crippen LogP contribution < -0.4 is 10.1 Å². The molecule has 2 rings (SSSR count). The predicted molar refractivity (Wildman–Crippen MR) is 93.0 cm³/mol. The fourth-order valence-corrected chi connectivity index (χ4v) is 2.95.